The van der Waals surface area contributed by atoms with E-state index in [4.69, 9.17) is 9.47 Å². The summed E-state index contributed by atoms with van der Waals surface area (Å²) < 4.78 is 10.8. The van der Waals surface area contributed by atoms with E-state index in [0.717, 1.165) is 56.1 Å². The van der Waals surface area contributed by atoms with Crippen molar-refractivity contribution in [1.82, 2.24) is 0 Å². The second kappa shape index (κ2) is 6.45. The van der Waals surface area contributed by atoms with Gasteiger partial charge in [-0.15, -0.1) is 0 Å². The molecule has 5 heteroatoms. The summed E-state index contributed by atoms with van der Waals surface area (Å²) in [7, 11) is 0. The van der Waals surface area contributed by atoms with Gasteiger partial charge in [0.1, 0.15) is 6.10 Å². The fourth-order valence-electron chi connectivity index (χ4n) is 2.76. The second-order valence-electron chi connectivity index (χ2n) is 5.59. The molecule has 5 nitrogen and oxygen atoms in total. The second-order valence-corrected chi connectivity index (χ2v) is 5.59. The summed E-state index contributed by atoms with van der Waals surface area (Å²) in [6.45, 7) is 5.99. The summed E-state index contributed by atoms with van der Waals surface area (Å²) in [4.78, 5) is 14.5. The summed E-state index contributed by atoms with van der Waals surface area (Å²) in [5, 5.41) is 3.01. The van der Waals surface area contributed by atoms with Gasteiger partial charge >= 0.3 is 0 Å². The molecule has 2 saturated heterocycles. The zero-order valence-corrected chi connectivity index (χ0v) is 12.4. The molecule has 0 saturated carbocycles. The number of nitrogens with zero attached hydrogens (tertiary/aromatic N) is 1. The number of carbonyl (C=O) groups is 1. The van der Waals surface area contributed by atoms with E-state index < -0.39 is 0 Å². The van der Waals surface area contributed by atoms with Gasteiger partial charge in [-0.2, -0.15) is 0 Å². The van der Waals surface area contributed by atoms with Crippen LogP contribution in [0.5, 0.6) is 0 Å². The van der Waals surface area contributed by atoms with Crippen LogP contribution in [0, 0.1) is 6.92 Å². The lowest BCUT2D eigenvalue weighted by atomic mass is 10.1. The smallest absolute Gasteiger partial charge is 0.253 e. The molecule has 2 aliphatic heterocycles. The largest absolute Gasteiger partial charge is 0.378 e. The van der Waals surface area contributed by atoms with Gasteiger partial charge in [0, 0.05) is 31.1 Å². The number of rotatable bonds is 3. The van der Waals surface area contributed by atoms with E-state index in [-0.39, 0.29) is 12.0 Å². The number of anilines is 2. The fourth-order valence-corrected chi connectivity index (χ4v) is 2.76. The predicted molar refractivity (Wildman–Crippen MR) is 81.8 cm³/mol. The first-order valence-electron chi connectivity index (χ1n) is 7.60. The van der Waals surface area contributed by atoms with Crippen molar-refractivity contribution in [3.8, 4) is 0 Å². The molecule has 0 aromatic heterocycles. The van der Waals surface area contributed by atoms with Crippen LogP contribution < -0.4 is 10.2 Å². The van der Waals surface area contributed by atoms with Crippen LogP contribution in [0.15, 0.2) is 18.2 Å². The Bertz CT molecular complexity index is 506. The molecule has 21 heavy (non-hydrogen) atoms. The van der Waals surface area contributed by atoms with Gasteiger partial charge in [-0.3, -0.25) is 4.79 Å². The Balaban J connectivity index is 1.72. The number of carbonyl (C=O) groups excluding carboxylic acids is 1. The summed E-state index contributed by atoms with van der Waals surface area (Å²) in [5.41, 5.74) is 3.07. The highest BCUT2D eigenvalue weighted by Crippen LogP contribution is 2.25. The molecule has 1 amide bonds. The van der Waals surface area contributed by atoms with E-state index in [9.17, 15) is 4.79 Å². The first-order chi connectivity index (χ1) is 10.2. The predicted octanol–water partition coefficient (Wildman–Crippen LogP) is 1.95. The Morgan fingerprint density at radius 2 is 2.10 bits per heavy atom. The van der Waals surface area contributed by atoms with Gasteiger partial charge in [0.15, 0.2) is 0 Å². The van der Waals surface area contributed by atoms with E-state index in [1.165, 1.54) is 0 Å². The number of aryl methyl sites for hydroxylation is 1. The quantitative estimate of drug-likeness (QED) is 0.924. The van der Waals surface area contributed by atoms with Crippen molar-refractivity contribution in [3.63, 3.8) is 0 Å². The number of hydrogen-bond acceptors (Lipinski definition) is 4. The van der Waals surface area contributed by atoms with Crippen molar-refractivity contribution < 1.29 is 14.3 Å². The molecule has 2 fully saturated rings. The van der Waals surface area contributed by atoms with Crippen LogP contribution in [0.3, 0.4) is 0 Å². The number of ether oxygens (including phenoxy) is 2. The van der Waals surface area contributed by atoms with Gasteiger partial charge < -0.3 is 19.7 Å². The maximum atomic E-state index is 12.2. The van der Waals surface area contributed by atoms with E-state index in [1.807, 2.05) is 13.0 Å². The van der Waals surface area contributed by atoms with Gasteiger partial charge in [-0.1, -0.05) is 6.07 Å². The van der Waals surface area contributed by atoms with Crippen molar-refractivity contribution in [2.24, 2.45) is 0 Å². The van der Waals surface area contributed by atoms with Crippen molar-refractivity contribution in [2.75, 3.05) is 43.1 Å². The lowest BCUT2D eigenvalue weighted by molar-refractivity contribution is -0.124. The molecule has 0 radical (unpaired) electrons. The molecule has 1 aromatic rings. The standard InChI is InChI=1S/C16H22N2O3/c1-12-4-5-13(18-6-9-20-10-7-18)11-14(12)17-16(19)15-3-2-8-21-15/h4-5,11,15H,2-3,6-10H2,1H3,(H,17,19). The SMILES string of the molecule is Cc1ccc(N2CCOCC2)cc1NC(=O)C1CCCO1. The van der Waals surface area contributed by atoms with E-state index in [2.05, 4.69) is 22.3 Å². The van der Waals surface area contributed by atoms with Gasteiger partial charge in [-0.05, 0) is 37.5 Å². The lowest BCUT2D eigenvalue weighted by Gasteiger charge is -2.29. The van der Waals surface area contributed by atoms with Gasteiger partial charge in [0.2, 0.25) is 0 Å². The number of nitrogens with one attached hydrogen (secondary N) is 1. The van der Waals surface area contributed by atoms with Gasteiger partial charge in [0.05, 0.1) is 13.2 Å². The zero-order chi connectivity index (χ0) is 14.7. The molecule has 1 unspecified atom stereocenters. The Labute approximate surface area is 125 Å². The van der Waals surface area contributed by atoms with Gasteiger partial charge in [0.25, 0.3) is 5.91 Å². The monoisotopic (exact) mass is 290 g/mol. The van der Waals surface area contributed by atoms with Crippen LogP contribution in [-0.4, -0.2) is 44.9 Å². The topological polar surface area (TPSA) is 50.8 Å². The average molecular weight is 290 g/mol. The van der Waals surface area contributed by atoms with Crippen LogP contribution in [0.1, 0.15) is 18.4 Å². The Morgan fingerprint density at radius 1 is 1.29 bits per heavy atom. The first kappa shape index (κ1) is 14.4. The zero-order valence-electron chi connectivity index (χ0n) is 12.4. The molecule has 0 spiro atoms. The molecule has 0 bridgehead atoms. The third kappa shape index (κ3) is 3.36. The molecule has 114 valence electrons. The highest BCUT2D eigenvalue weighted by molar-refractivity contribution is 5.95. The van der Waals surface area contributed by atoms with E-state index >= 15 is 0 Å². The van der Waals surface area contributed by atoms with E-state index in [0.29, 0.717) is 6.61 Å². The van der Waals surface area contributed by atoms with Crippen molar-refractivity contribution in [1.29, 1.82) is 0 Å². The molecule has 0 aliphatic carbocycles. The Hall–Kier alpha value is -1.59. The first-order valence-corrected chi connectivity index (χ1v) is 7.60. The number of benzene rings is 1. The van der Waals surface area contributed by atoms with Crippen LogP contribution >= 0.6 is 0 Å². The molecular formula is C16H22N2O3. The van der Waals surface area contributed by atoms with Crippen LogP contribution in [-0.2, 0) is 14.3 Å². The molecule has 1 aromatic carbocycles. The van der Waals surface area contributed by atoms with E-state index in [1.54, 1.807) is 0 Å². The normalized spacial score (nSPS) is 22.3. The Kier molecular flexibility index (Phi) is 4.41. The van der Waals surface area contributed by atoms with Crippen molar-refractivity contribution >= 4 is 17.3 Å². The Morgan fingerprint density at radius 3 is 2.81 bits per heavy atom. The summed E-state index contributed by atoms with van der Waals surface area (Å²) in [6, 6.07) is 6.20. The van der Waals surface area contributed by atoms with Crippen LogP contribution in [0.25, 0.3) is 0 Å². The highest BCUT2D eigenvalue weighted by atomic mass is 16.5. The molecule has 1 N–H and O–H groups in total. The number of amides is 1. The molecule has 1 atom stereocenters. The third-order valence-corrected chi connectivity index (χ3v) is 4.08. The lowest BCUT2D eigenvalue weighted by Crippen LogP contribution is -2.36. The summed E-state index contributed by atoms with van der Waals surface area (Å²) in [5.74, 6) is -0.0327. The van der Waals surface area contributed by atoms with Crippen molar-refractivity contribution in [3.05, 3.63) is 23.8 Å². The number of morpholine rings is 1. The minimum absolute atomic E-state index is 0.0327. The molecular weight excluding hydrogens is 268 g/mol. The van der Waals surface area contributed by atoms with Crippen LogP contribution in [0.2, 0.25) is 0 Å². The third-order valence-electron chi connectivity index (χ3n) is 4.08. The maximum Gasteiger partial charge on any atom is 0.253 e. The molecule has 2 aliphatic rings. The summed E-state index contributed by atoms with van der Waals surface area (Å²) >= 11 is 0. The average Bonchev–Trinajstić information content (AvgIpc) is 3.05. The minimum atomic E-state index is -0.295. The highest BCUT2D eigenvalue weighted by Gasteiger charge is 2.24. The fraction of sp³-hybridized carbons (Fsp3) is 0.562. The van der Waals surface area contributed by atoms with Crippen molar-refractivity contribution in [2.45, 2.75) is 25.9 Å². The summed E-state index contributed by atoms with van der Waals surface area (Å²) in [6.07, 6.45) is 1.48. The molecule has 3 rings (SSSR count). The number of hydrogen-bond donors (Lipinski definition) is 1. The maximum absolute atomic E-state index is 12.2. The van der Waals surface area contributed by atoms with Crippen LogP contribution in [0.4, 0.5) is 11.4 Å². The molecule has 2 heterocycles. The minimum Gasteiger partial charge on any atom is -0.378 e. The van der Waals surface area contributed by atoms with Gasteiger partial charge in [-0.25, -0.2) is 0 Å².